The zero-order valence-electron chi connectivity index (χ0n) is 6.77. The predicted octanol–water partition coefficient (Wildman–Crippen LogP) is 3.00. The van der Waals surface area contributed by atoms with Crippen molar-refractivity contribution in [1.82, 2.24) is 0 Å². The van der Waals surface area contributed by atoms with Crippen LogP contribution in [-0.4, -0.2) is 0 Å². The van der Waals surface area contributed by atoms with Gasteiger partial charge in [0, 0.05) is 0 Å². The lowest BCUT2D eigenvalue weighted by atomic mass is 9.93. The fourth-order valence-electron chi connectivity index (χ4n) is 2.47. The summed E-state index contributed by atoms with van der Waals surface area (Å²) in [5.41, 5.74) is 1.52. The van der Waals surface area contributed by atoms with Crippen molar-refractivity contribution >= 4 is 0 Å². The molecule has 0 radical (unpaired) electrons. The highest BCUT2D eigenvalue weighted by Crippen LogP contribution is 2.57. The minimum Gasteiger partial charge on any atom is -0.0996 e. The molecule has 0 saturated heterocycles. The molecule has 0 spiro atoms. The summed E-state index contributed by atoms with van der Waals surface area (Å²) < 4.78 is 0. The van der Waals surface area contributed by atoms with Crippen LogP contribution in [0.2, 0.25) is 0 Å². The van der Waals surface area contributed by atoms with Gasteiger partial charge in [-0.2, -0.15) is 0 Å². The van der Waals surface area contributed by atoms with Crippen LogP contribution in [0.1, 0.15) is 32.6 Å². The highest BCUT2D eigenvalue weighted by atomic mass is 14.5. The van der Waals surface area contributed by atoms with Crippen LogP contribution < -0.4 is 0 Å². The van der Waals surface area contributed by atoms with Gasteiger partial charge in [0.15, 0.2) is 0 Å². The van der Waals surface area contributed by atoms with Crippen LogP contribution in [-0.2, 0) is 0 Å². The molecule has 0 heterocycles. The van der Waals surface area contributed by atoms with Crippen molar-refractivity contribution in [3.63, 3.8) is 0 Å². The van der Waals surface area contributed by atoms with Gasteiger partial charge in [0.05, 0.1) is 0 Å². The van der Waals surface area contributed by atoms with Crippen LogP contribution in [0.15, 0.2) is 12.2 Å². The van der Waals surface area contributed by atoms with Crippen LogP contribution in [0.5, 0.6) is 0 Å². The first-order chi connectivity index (χ1) is 4.83. The zero-order chi connectivity index (χ0) is 7.14. The Morgan fingerprint density at radius 3 is 2.70 bits per heavy atom. The van der Waals surface area contributed by atoms with Gasteiger partial charge in [-0.3, -0.25) is 0 Å². The van der Waals surface area contributed by atoms with Gasteiger partial charge in [0.25, 0.3) is 0 Å². The number of fused-ring (bicyclic) bond motifs is 1. The van der Waals surface area contributed by atoms with E-state index in [9.17, 15) is 0 Å². The van der Waals surface area contributed by atoms with Crippen molar-refractivity contribution in [1.29, 1.82) is 0 Å². The number of rotatable bonds is 2. The summed E-state index contributed by atoms with van der Waals surface area (Å²) in [6.07, 6.45) is 5.66. The van der Waals surface area contributed by atoms with Crippen molar-refractivity contribution in [2.45, 2.75) is 32.6 Å². The summed E-state index contributed by atoms with van der Waals surface area (Å²) >= 11 is 0. The van der Waals surface area contributed by atoms with E-state index in [2.05, 4.69) is 13.5 Å². The Hall–Kier alpha value is -0.260. The molecule has 2 fully saturated rings. The second-order valence-corrected chi connectivity index (χ2v) is 3.86. The van der Waals surface area contributed by atoms with Gasteiger partial charge in [-0.15, -0.1) is 0 Å². The van der Waals surface area contributed by atoms with Crippen LogP contribution in [0.25, 0.3) is 0 Å². The largest absolute Gasteiger partial charge is 0.0996 e. The maximum atomic E-state index is 4.13. The van der Waals surface area contributed by atoms with Crippen molar-refractivity contribution < 1.29 is 0 Å². The molecule has 0 aromatic carbocycles. The second kappa shape index (κ2) is 2.11. The highest BCUT2D eigenvalue weighted by molar-refractivity contribution is 5.12. The molecule has 2 rings (SSSR count). The second-order valence-electron chi connectivity index (χ2n) is 3.86. The van der Waals surface area contributed by atoms with E-state index in [0.717, 1.165) is 17.8 Å². The van der Waals surface area contributed by atoms with E-state index >= 15 is 0 Å². The Labute approximate surface area is 63.3 Å². The molecule has 0 aliphatic heterocycles. The lowest BCUT2D eigenvalue weighted by molar-refractivity contribution is 0.545. The van der Waals surface area contributed by atoms with E-state index in [4.69, 9.17) is 0 Å². The minimum atomic E-state index is 0.926. The number of hydrogen-bond donors (Lipinski definition) is 0. The topological polar surface area (TPSA) is 0 Å². The van der Waals surface area contributed by atoms with Gasteiger partial charge in [0.2, 0.25) is 0 Å². The van der Waals surface area contributed by atoms with Crippen molar-refractivity contribution in [2.24, 2.45) is 17.8 Å². The lowest BCUT2D eigenvalue weighted by Crippen LogP contribution is -2.00. The van der Waals surface area contributed by atoms with E-state index in [0.29, 0.717) is 0 Å². The van der Waals surface area contributed by atoms with Crippen LogP contribution in [0.4, 0.5) is 0 Å². The summed E-state index contributed by atoms with van der Waals surface area (Å²) in [7, 11) is 0. The standard InChI is InChI=1S/C10H16/c1-3-7(2)9-5-4-8-6-10(8)9/h8-10H,2-6H2,1H3. The fraction of sp³-hybridized carbons (Fsp3) is 0.800. The molecule has 0 heteroatoms. The summed E-state index contributed by atoms with van der Waals surface area (Å²) in [5, 5.41) is 0. The van der Waals surface area contributed by atoms with Crippen molar-refractivity contribution in [3.8, 4) is 0 Å². The molecule has 10 heavy (non-hydrogen) atoms. The van der Waals surface area contributed by atoms with Gasteiger partial charge in [-0.05, 0) is 43.4 Å². The molecule has 0 nitrogen and oxygen atoms in total. The molecule has 0 aromatic rings. The molecule has 0 amide bonds. The Morgan fingerprint density at radius 2 is 2.30 bits per heavy atom. The molecule has 2 aliphatic rings. The summed E-state index contributed by atoms with van der Waals surface area (Å²) in [6, 6.07) is 0. The average Bonchev–Trinajstić information content (AvgIpc) is 2.62. The first kappa shape index (κ1) is 6.45. The van der Waals surface area contributed by atoms with E-state index in [1.165, 1.54) is 31.3 Å². The SMILES string of the molecule is C=C(CC)C1CCC2CC21. The molecule has 3 atom stereocenters. The van der Waals surface area contributed by atoms with Gasteiger partial charge < -0.3 is 0 Å². The quantitative estimate of drug-likeness (QED) is 0.512. The first-order valence-corrected chi connectivity index (χ1v) is 4.50. The van der Waals surface area contributed by atoms with Crippen molar-refractivity contribution in [3.05, 3.63) is 12.2 Å². The van der Waals surface area contributed by atoms with E-state index in [1.54, 1.807) is 0 Å². The Morgan fingerprint density at radius 1 is 1.50 bits per heavy atom. The molecule has 3 unspecified atom stereocenters. The van der Waals surface area contributed by atoms with Crippen LogP contribution >= 0.6 is 0 Å². The maximum Gasteiger partial charge on any atom is -0.0175 e. The Kier molecular flexibility index (Phi) is 1.36. The van der Waals surface area contributed by atoms with E-state index in [-0.39, 0.29) is 0 Å². The third-order valence-electron chi connectivity index (χ3n) is 3.32. The molecule has 0 aromatic heterocycles. The smallest absolute Gasteiger partial charge is 0.0175 e. The third kappa shape index (κ3) is 0.817. The molecule has 56 valence electrons. The fourth-order valence-corrected chi connectivity index (χ4v) is 2.47. The Balaban J connectivity index is 1.98. The third-order valence-corrected chi connectivity index (χ3v) is 3.32. The number of allylic oxidation sites excluding steroid dienone is 1. The summed E-state index contributed by atoms with van der Waals surface area (Å²) in [4.78, 5) is 0. The van der Waals surface area contributed by atoms with E-state index in [1.807, 2.05) is 0 Å². The van der Waals surface area contributed by atoms with Gasteiger partial charge in [0.1, 0.15) is 0 Å². The van der Waals surface area contributed by atoms with Crippen LogP contribution in [0, 0.1) is 17.8 Å². The highest BCUT2D eigenvalue weighted by Gasteiger charge is 2.48. The monoisotopic (exact) mass is 136 g/mol. The molecular weight excluding hydrogens is 120 g/mol. The normalized spacial score (nSPS) is 43.1. The molecule has 0 N–H and O–H groups in total. The van der Waals surface area contributed by atoms with Gasteiger partial charge in [-0.1, -0.05) is 19.1 Å². The van der Waals surface area contributed by atoms with Crippen LogP contribution in [0.3, 0.4) is 0 Å². The molecule has 2 saturated carbocycles. The molecule has 2 aliphatic carbocycles. The summed E-state index contributed by atoms with van der Waals surface area (Å²) in [6.45, 7) is 6.37. The lowest BCUT2D eigenvalue weighted by Gasteiger charge is -2.12. The number of hydrogen-bond acceptors (Lipinski definition) is 0. The van der Waals surface area contributed by atoms with Gasteiger partial charge >= 0.3 is 0 Å². The van der Waals surface area contributed by atoms with E-state index < -0.39 is 0 Å². The van der Waals surface area contributed by atoms with Crippen molar-refractivity contribution in [2.75, 3.05) is 0 Å². The first-order valence-electron chi connectivity index (χ1n) is 4.50. The molecular formula is C10H16. The Bertz CT molecular complexity index is 157. The maximum absolute atomic E-state index is 4.13. The minimum absolute atomic E-state index is 0.926. The van der Waals surface area contributed by atoms with Gasteiger partial charge in [-0.25, -0.2) is 0 Å². The zero-order valence-corrected chi connectivity index (χ0v) is 6.77. The molecule has 0 bridgehead atoms. The summed E-state index contributed by atoms with van der Waals surface area (Å²) in [5.74, 6) is 3.12. The average molecular weight is 136 g/mol. The predicted molar refractivity (Wildman–Crippen MR) is 43.8 cm³/mol.